The van der Waals surface area contributed by atoms with E-state index in [9.17, 15) is 18.0 Å². The van der Waals surface area contributed by atoms with Gasteiger partial charge in [-0.3, -0.25) is 0 Å². The number of benzene rings is 2. The second kappa shape index (κ2) is 6.60. The Morgan fingerprint density at radius 2 is 1.68 bits per heavy atom. The number of aromatic nitrogens is 2. The first-order chi connectivity index (χ1) is 11.9. The molecule has 0 unspecified atom stereocenters. The lowest BCUT2D eigenvalue weighted by molar-refractivity contribution is -0.141. The highest BCUT2D eigenvalue weighted by Gasteiger charge is 2.36. The minimum Gasteiger partial charge on any atom is -0.404 e. The first kappa shape index (κ1) is 17.0. The molecule has 3 rings (SSSR count). The van der Waals surface area contributed by atoms with Crippen molar-refractivity contribution < 1.29 is 22.7 Å². The second-order valence-corrected chi connectivity index (χ2v) is 5.39. The predicted octanol–water partition coefficient (Wildman–Crippen LogP) is 4.76. The Morgan fingerprint density at radius 1 is 1.04 bits per heavy atom. The zero-order valence-electron chi connectivity index (χ0n) is 12.5. The van der Waals surface area contributed by atoms with Crippen molar-refractivity contribution >= 4 is 17.6 Å². The zero-order chi connectivity index (χ0) is 18.0. The zero-order valence-corrected chi connectivity index (χ0v) is 13.3. The van der Waals surface area contributed by atoms with Crippen LogP contribution < -0.4 is 4.74 Å². The van der Waals surface area contributed by atoms with Crippen LogP contribution in [0.25, 0.3) is 5.69 Å². The van der Waals surface area contributed by atoms with Crippen LogP contribution in [0, 0.1) is 0 Å². The van der Waals surface area contributed by atoms with Gasteiger partial charge in [0.2, 0.25) is 5.88 Å². The molecular formula is C17H10ClF3N2O2. The van der Waals surface area contributed by atoms with E-state index in [-0.39, 0.29) is 22.2 Å². The molecule has 128 valence electrons. The van der Waals surface area contributed by atoms with E-state index in [0.29, 0.717) is 6.07 Å². The molecule has 4 nitrogen and oxygen atoms in total. The Balaban J connectivity index is 2.04. The molecule has 0 aliphatic rings. The Morgan fingerprint density at radius 3 is 2.32 bits per heavy atom. The van der Waals surface area contributed by atoms with Crippen LogP contribution in [0.1, 0.15) is 16.1 Å². The number of para-hydroxylation sites is 1. The topological polar surface area (TPSA) is 44.1 Å². The van der Waals surface area contributed by atoms with Crippen molar-refractivity contribution in [3.8, 4) is 11.6 Å². The number of nitrogens with zero attached hydrogens (tertiary/aromatic N) is 2. The van der Waals surface area contributed by atoms with Crippen LogP contribution >= 0.6 is 11.6 Å². The molecule has 0 amide bonds. The lowest BCUT2D eigenvalue weighted by Gasteiger charge is -2.09. The third kappa shape index (κ3) is 3.66. The number of rotatable bonds is 3. The molecule has 0 bridgehead atoms. The molecule has 2 aromatic carbocycles. The number of alkyl halides is 3. The van der Waals surface area contributed by atoms with Gasteiger partial charge in [-0.15, -0.1) is 0 Å². The molecule has 0 saturated heterocycles. The molecule has 0 spiro atoms. The summed E-state index contributed by atoms with van der Waals surface area (Å²) in [7, 11) is 0. The maximum atomic E-state index is 13.0. The summed E-state index contributed by atoms with van der Waals surface area (Å²) < 4.78 is 45.0. The summed E-state index contributed by atoms with van der Waals surface area (Å²) in [6, 6.07) is 14.7. The number of hydrogen-bond acceptors (Lipinski definition) is 3. The van der Waals surface area contributed by atoms with E-state index in [1.165, 1.54) is 24.3 Å². The fourth-order valence-corrected chi connectivity index (χ4v) is 2.32. The van der Waals surface area contributed by atoms with Gasteiger partial charge in [-0.05, 0) is 24.3 Å². The van der Waals surface area contributed by atoms with Crippen LogP contribution in [0.3, 0.4) is 0 Å². The summed E-state index contributed by atoms with van der Waals surface area (Å²) in [6.07, 6.45) is -4.69. The minimum atomic E-state index is -4.69. The van der Waals surface area contributed by atoms with Crippen molar-refractivity contribution in [3.05, 3.63) is 76.9 Å². The number of carbonyl (C=O) groups excluding carboxylic acids is 1. The Bertz CT molecular complexity index is 908. The van der Waals surface area contributed by atoms with E-state index < -0.39 is 17.8 Å². The summed E-state index contributed by atoms with van der Waals surface area (Å²) in [5.41, 5.74) is -0.832. The van der Waals surface area contributed by atoms with Crippen molar-refractivity contribution in [1.82, 2.24) is 9.78 Å². The molecule has 0 N–H and O–H groups in total. The van der Waals surface area contributed by atoms with Gasteiger partial charge in [0.15, 0.2) is 5.69 Å². The number of carbonyl (C=O) groups is 1. The van der Waals surface area contributed by atoms with E-state index >= 15 is 0 Å². The van der Waals surface area contributed by atoms with Gasteiger partial charge >= 0.3 is 12.1 Å². The van der Waals surface area contributed by atoms with Crippen LogP contribution in [0.4, 0.5) is 13.2 Å². The standard InChI is InChI=1S/C17H10ClF3N2O2/c18-12-8-4-5-9-13(12)23-15(10-14(22-23)17(19,20)21)25-16(24)11-6-2-1-3-7-11/h1-10H. The smallest absolute Gasteiger partial charge is 0.404 e. The van der Waals surface area contributed by atoms with Gasteiger partial charge in [-0.1, -0.05) is 41.9 Å². The Kier molecular flexibility index (Phi) is 4.50. The molecule has 0 radical (unpaired) electrons. The van der Waals surface area contributed by atoms with Crippen LogP contribution in [0.15, 0.2) is 60.7 Å². The molecule has 3 aromatic rings. The third-order valence-electron chi connectivity index (χ3n) is 3.25. The van der Waals surface area contributed by atoms with Crippen molar-refractivity contribution in [3.63, 3.8) is 0 Å². The second-order valence-electron chi connectivity index (χ2n) is 4.98. The number of halogens is 4. The molecule has 0 saturated carbocycles. The highest BCUT2D eigenvalue weighted by Crippen LogP contribution is 2.33. The maximum Gasteiger partial charge on any atom is 0.435 e. The quantitative estimate of drug-likeness (QED) is 0.627. The highest BCUT2D eigenvalue weighted by molar-refractivity contribution is 6.32. The van der Waals surface area contributed by atoms with E-state index in [2.05, 4.69) is 5.10 Å². The van der Waals surface area contributed by atoms with E-state index in [1.807, 2.05) is 0 Å². The largest absolute Gasteiger partial charge is 0.435 e. The fraction of sp³-hybridized carbons (Fsp3) is 0.0588. The normalized spacial score (nSPS) is 11.4. The third-order valence-corrected chi connectivity index (χ3v) is 3.57. The molecule has 0 fully saturated rings. The van der Waals surface area contributed by atoms with Gasteiger partial charge in [0.25, 0.3) is 0 Å². The molecule has 0 aliphatic carbocycles. The molecule has 8 heteroatoms. The van der Waals surface area contributed by atoms with Crippen LogP contribution in [0.5, 0.6) is 5.88 Å². The molecular weight excluding hydrogens is 357 g/mol. The highest BCUT2D eigenvalue weighted by atomic mass is 35.5. The number of hydrogen-bond donors (Lipinski definition) is 0. The molecule has 25 heavy (non-hydrogen) atoms. The van der Waals surface area contributed by atoms with Gasteiger partial charge in [-0.25, -0.2) is 4.79 Å². The molecule has 0 atom stereocenters. The maximum absolute atomic E-state index is 13.0. The Hall–Kier alpha value is -2.80. The molecule has 0 aliphatic heterocycles. The minimum absolute atomic E-state index is 0.163. The van der Waals surface area contributed by atoms with Gasteiger partial charge in [-0.2, -0.15) is 23.0 Å². The van der Waals surface area contributed by atoms with Gasteiger partial charge in [0.1, 0.15) is 0 Å². The Labute approximate surface area is 145 Å². The van der Waals surface area contributed by atoms with Crippen LogP contribution in [-0.4, -0.2) is 15.7 Å². The molecule has 1 heterocycles. The SMILES string of the molecule is O=C(Oc1cc(C(F)(F)F)nn1-c1ccccc1Cl)c1ccccc1. The summed E-state index contributed by atoms with van der Waals surface area (Å²) in [6.45, 7) is 0. The predicted molar refractivity (Wildman–Crippen MR) is 85.0 cm³/mol. The fourth-order valence-electron chi connectivity index (χ4n) is 2.10. The first-order valence-electron chi connectivity index (χ1n) is 7.05. The first-order valence-corrected chi connectivity index (χ1v) is 7.43. The van der Waals surface area contributed by atoms with Crippen LogP contribution in [-0.2, 0) is 6.18 Å². The lowest BCUT2D eigenvalue weighted by Crippen LogP contribution is -2.12. The van der Waals surface area contributed by atoms with Gasteiger partial charge in [0.05, 0.1) is 16.3 Å². The average Bonchev–Trinajstić information content (AvgIpc) is 3.00. The van der Waals surface area contributed by atoms with Crippen molar-refractivity contribution in [1.29, 1.82) is 0 Å². The van der Waals surface area contributed by atoms with Crippen molar-refractivity contribution in [2.24, 2.45) is 0 Å². The summed E-state index contributed by atoms with van der Waals surface area (Å²) in [5, 5.41) is 3.65. The number of esters is 1. The molecule has 1 aromatic heterocycles. The summed E-state index contributed by atoms with van der Waals surface area (Å²) in [4.78, 5) is 12.2. The monoisotopic (exact) mass is 366 g/mol. The van der Waals surface area contributed by atoms with Crippen molar-refractivity contribution in [2.45, 2.75) is 6.18 Å². The van der Waals surface area contributed by atoms with E-state index in [4.69, 9.17) is 16.3 Å². The van der Waals surface area contributed by atoms with Crippen molar-refractivity contribution in [2.75, 3.05) is 0 Å². The summed E-state index contributed by atoms with van der Waals surface area (Å²) in [5.74, 6) is -1.18. The van der Waals surface area contributed by atoms with Gasteiger partial charge < -0.3 is 4.74 Å². The van der Waals surface area contributed by atoms with Crippen LogP contribution in [0.2, 0.25) is 5.02 Å². The average molecular weight is 367 g/mol. The van der Waals surface area contributed by atoms with E-state index in [0.717, 1.165) is 4.68 Å². The number of ether oxygens (including phenoxy) is 1. The van der Waals surface area contributed by atoms with Gasteiger partial charge in [0, 0.05) is 6.07 Å². The summed E-state index contributed by atoms with van der Waals surface area (Å²) >= 11 is 6.03. The lowest BCUT2D eigenvalue weighted by atomic mass is 10.2. The van der Waals surface area contributed by atoms with E-state index in [1.54, 1.807) is 30.3 Å².